The Kier molecular flexibility index (Phi) is 4.65. The van der Waals surface area contributed by atoms with Crippen LogP contribution in [0.5, 0.6) is 0 Å². The smallest absolute Gasteiger partial charge is 0.325 e. The van der Waals surface area contributed by atoms with Gasteiger partial charge in [0.2, 0.25) is 5.96 Å². The van der Waals surface area contributed by atoms with Crippen LogP contribution in [0.4, 0.5) is 0 Å². The van der Waals surface area contributed by atoms with E-state index in [1.54, 1.807) is 7.05 Å². The number of methoxy groups -OCH3 is 1. The van der Waals surface area contributed by atoms with Gasteiger partial charge in [0.25, 0.3) is 0 Å². The van der Waals surface area contributed by atoms with E-state index in [2.05, 4.69) is 28.6 Å². The topological polar surface area (TPSA) is 66.0 Å². The molecule has 0 aromatic rings. The zero-order chi connectivity index (χ0) is 14.5. The van der Waals surface area contributed by atoms with E-state index in [-0.39, 0.29) is 12.5 Å². The van der Waals surface area contributed by atoms with Gasteiger partial charge in [-0.3, -0.25) is 14.7 Å². The lowest BCUT2D eigenvalue weighted by Crippen LogP contribution is -2.50. The van der Waals surface area contributed by atoms with E-state index < -0.39 is 0 Å². The monoisotopic (exact) mass is 278 g/mol. The molecule has 0 aromatic carbocycles. The van der Waals surface area contributed by atoms with E-state index in [0.29, 0.717) is 5.96 Å². The Hall–Kier alpha value is -1.98. The molecule has 110 valence electrons. The van der Waals surface area contributed by atoms with E-state index in [4.69, 9.17) is 4.74 Å². The summed E-state index contributed by atoms with van der Waals surface area (Å²) in [6.45, 7) is 3.18. The minimum Gasteiger partial charge on any atom is -0.468 e. The molecule has 0 aromatic heterocycles. The van der Waals surface area contributed by atoms with Gasteiger partial charge in [-0.25, -0.2) is 0 Å². The molecular weight excluding hydrogens is 256 g/mol. The fourth-order valence-electron chi connectivity index (χ4n) is 2.47. The highest BCUT2D eigenvalue weighted by atomic mass is 16.5. The first-order valence-electron chi connectivity index (χ1n) is 6.97. The molecule has 2 heterocycles. The number of carbonyl (C=O) groups excluding carboxylic acids is 1. The van der Waals surface area contributed by atoms with Crippen LogP contribution in [0.15, 0.2) is 28.2 Å². The van der Waals surface area contributed by atoms with Gasteiger partial charge in [0, 0.05) is 19.3 Å². The van der Waals surface area contributed by atoms with Crippen LogP contribution in [0.1, 0.15) is 26.2 Å². The molecule has 0 aliphatic carbocycles. The van der Waals surface area contributed by atoms with Crippen molar-refractivity contribution in [1.29, 1.82) is 0 Å². The van der Waals surface area contributed by atoms with E-state index in [9.17, 15) is 4.79 Å². The summed E-state index contributed by atoms with van der Waals surface area (Å²) in [6, 6.07) is 0. The summed E-state index contributed by atoms with van der Waals surface area (Å²) in [4.78, 5) is 17.8. The van der Waals surface area contributed by atoms with E-state index in [0.717, 1.165) is 42.9 Å². The van der Waals surface area contributed by atoms with Crippen molar-refractivity contribution in [3.05, 3.63) is 23.2 Å². The maximum atomic E-state index is 11.6. The van der Waals surface area contributed by atoms with Crippen molar-refractivity contribution in [2.45, 2.75) is 26.2 Å². The second-order valence-electron chi connectivity index (χ2n) is 4.72. The second-order valence-corrected chi connectivity index (χ2v) is 4.72. The highest BCUT2D eigenvalue weighted by Crippen LogP contribution is 2.26. The van der Waals surface area contributed by atoms with Crippen LogP contribution >= 0.6 is 0 Å². The highest BCUT2D eigenvalue weighted by Gasteiger charge is 2.30. The molecule has 0 saturated heterocycles. The number of nitrogens with zero attached hydrogens (tertiary/aromatic N) is 2. The second kappa shape index (κ2) is 6.45. The molecule has 0 atom stereocenters. The van der Waals surface area contributed by atoms with Gasteiger partial charge in [0.15, 0.2) is 0 Å². The van der Waals surface area contributed by atoms with Crippen molar-refractivity contribution in [2.75, 3.05) is 27.2 Å². The van der Waals surface area contributed by atoms with Crippen LogP contribution in [0, 0.1) is 0 Å². The molecule has 20 heavy (non-hydrogen) atoms. The number of rotatable bonds is 3. The molecular formula is C14H22N4O2. The van der Waals surface area contributed by atoms with Crippen LogP contribution in [0.25, 0.3) is 0 Å². The lowest BCUT2D eigenvalue weighted by Gasteiger charge is -2.38. The first-order valence-corrected chi connectivity index (χ1v) is 6.97. The molecule has 6 heteroatoms. The lowest BCUT2D eigenvalue weighted by atomic mass is 10.0. The Morgan fingerprint density at radius 3 is 3.00 bits per heavy atom. The summed E-state index contributed by atoms with van der Waals surface area (Å²) in [7, 11) is 3.12. The fraction of sp³-hybridized carbons (Fsp3) is 0.571. The SMILES string of the molecule is CC/C=C1/C2=C(CCCN2)NC(=NC)N1CC(=O)OC. The third-order valence-corrected chi connectivity index (χ3v) is 3.40. The zero-order valence-electron chi connectivity index (χ0n) is 12.3. The largest absolute Gasteiger partial charge is 0.468 e. The van der Waals surface area contributed by atoms with Gasteiger partial charge in [-0.05, 0) is 19.3 Å². The summed E-state index contributed by atoms with van der Waals surface area (Å²) < 4.78 is 4.78. The van der Waals surface area contributed by atoms with Gasteiger partial charge >= 0.3 is 5.97 Å². The van der Waals surface area contributed by atoms with Gasteiger partial charge in [0.05, 0.1) is 18.5 Å². The average Bonchev–Trinajstić information content (AvgIpc) is 2.49. The van der Waals surface area contributed by atoms with Crippen molar-refractivity contribution in [3.8, 4) is 0 Å². The van der Waals surface area contributed by atoms with Gasteiger partial charge in [-0.2, -0.15) is 0 Å². The Labute approximate surface area is 119 Å². The van der Waals surface area contributed by atoms with Gasteiger partial charge in [-0.1, -0.05) is 13.0 Å². The third kappa shape index (κ3) is 2.79. The maximum absolute atomic E-state index is 11.6. The predicted molar refractivity (Wildman–Crippen MR) is 77.9 cm³/mol. The number of aliphatic imine (C=N–C) groups is 1. The van der Waals surface area contributed by atoms with Crippen LogP contribution in [-0.4, -0.2) is 44.1 Å². The van der Waals surface area contributed by atoms with Gasteiger partial charge < -0.3 is 15.4 Å². The maximum Gasteiger partial charge on any atom is 0.325 e. The molecule has 0 bridgehead atoms. The zero-order valence-corrected chi connectivity index (χ0v) is 12.3. The van der Waals surface area contributed by atoms with Crippen molar-refractivity contribution >= 4 is 11.9 Å². The molecule has 0 fully saturated rings. The molecule has 0 unspecified atom stereocenters. The van der Waals surface area contributed by atoms with Crippen molar-refractivity contribution in [1.82, 2.24) is 15.5 Å². The Bertz CT molecular complexity index is 480. The standard InChI is InChI=1S/C14H22N4O2/c1-4-6-11-13-10(7-5-8-16-13)17-14(15-2)18(11)9-12(19)20-3/h6,16H,4-5,7-9H2,1-3H3,(H,15,17)/b11-6-. The molecule has 0 saturated carbocycles. The quantitative estimate of drug-likeness (QED) is 0.752. The Balaban J connectivity index is 2.39. The Morgan fingerprint density at radius 1 is 1.55 bits per heavy atom. The number of hydrogen-bond acceptors (Lipinski definition) is 4. The first kappa shape index (κ1) is 14.4. The van der Waals surface area contributed by atoms with Crippen molar-refractivity contribution < 1.29 is 9.53 Å². The molecule has 2 aliphatic heterocycles. The molecule has 2 N–H and O–H groups in total. The molecule has 0 spiro atoms. The van der Waals surface area contributed by atoms with Crippen LogP contribution in [0.3, 0.4) is 0 Å². The minimum absolute atomic E-state index is 0.153. The molecule has 2 rings (SSSR count). The Morgan fingerprint density at radius 2 is 2.35 bits per heavy atom. The number of hydrogen-bond donors (Lipinski definition) is 2. The summed E-state index contributed by atoms with van der Waals surface area (Å²) >= 11 is 0. The van der Waals surface area contributed by atoms with Crippen LogP contribution in [0.2, 0.25) is 0 Å². The lowest BCUT2D eigenvalue weighted by molar-refractivity contribution is -0.140. The average molecular weight is 278 g/mol. The summed E-state index contributed by atoms with van der Waals surface area (Å²) in [5, 5.41) is 6.74. The predicted octanol–water partition coefficient (Wildman–Crippen LogP) is 0.939. The van der Waals surface area contributed by atoms with Gasteiger partial charge in [-0.15, -0.1) is 0 Å². The van der Waals surface area contributed by atoms with E-state index in [1.807, 2.05) is 4.90 Å². The van der Waals surface area contributed by atoms with E-state index >= 15 is 0 Å². The summed E-state index contributed by atoms with van der Waals surface area (Å²) in [6.07, 6.45) is 5.10. The van der Waals surface area contributed by atoms with Gasteiger partial charge in [0.1, 0.15) is 6.54 Å². The minimum atomic E-state index is -0.283. The van der Waals surface area contributed by atoms with Crippen molar-refractivity contribution in [2.24, 2.45) is 4.99 Å². The van der Waals surface area contributed by atoms with Crippen LogP contribution in [-0.2, 0) is 9.53 Å². The van der Waals surface area contributed by atoms with E-state index in [1.165, 1.54) is 7.11 Å². The number of esters is 1. The normalized spacial score (nSPS) is 22.4. The molecule has 2 aliphatic rings. The number of guanidine groups is 1. The van der Waals surface area contributed by atoms with Crippen molar-refractivity contribution in [3.63, 3.8) is 0 Å². The number of ether oxygens (including phenoxy) is 1. The van der Waals surface area contributed by atoms with Crippen LogP contribution < -0.4 is 10.6 Å². The number of nitrogens with one attached hydrogen (secondary N) is 2. The molecule has 0 amide bonds. The number of allylic oxidation sites excluding steroid dienone is 2. The summed E-state index contributed by atoms with van der Waals surface area (Å²) in [5.41, 5.74) is 3.24. The first-order chi connectivity index (χ1) is 9.71. The molecule has 0 radical (unpaired) electrons. The summed E-state index contributed by atoms with van der Waals surface area (Å²) in [5.74, 6) is 0.410. The third-order valence-electron chi connectivity index (χ3n) is 3.40. The number of carbonyl (C=O) groups is 1. The fourth-order valence-corrected chi connectivity index (χ4v) is 2.47. The molecule has 6 nitrogen and oxygen atoms in total. The highest BCUT2D eigenvalue weighted by molar-refractivity contribution is 5.89.